The van der Waals surface area contributed by atoms with E-state index >= 15 is 0 Å². The van der Waals surface area contributed by atoms with Gasteiger partial charge in [-0.15, -0.1) is 0 Å². The molecule has 47 heavy (non-hydrogen) atoms. The number of allylic oxidation sites excluding steroid dienone is 2. The molecular formula is C37H72NO8P. The topological polar surface area (TPSA) is 131 Å². The molecule has 0 radical (unpaired) electrons. The first-order valence-electron chi connectivity index (χ1n) is 19.2. The molecule has 2 unspecified atom stereocenters. The fourth-order valence-corrected chi connectivity index (χ4v) is 6.01. The molecule has 2 atom stereocenters. The van der Waals surface area contributed by atoms with Crippen LogP contribution in [0.1, 0.15) is 181 Å². The van der Waals surface area contributed by atoms with E-state index in [9.17, 15) is 24.2 Å². The van der Waals surface area contributed by atoms with Crippen molar-refractivity contribution >= 4 is 19.7 Å². The van der Waals surface area contributed by atoms with Crippen molar-refractivity contribution in [2.45, 2.75) is 187 Å². The van der Waals surface area contributed by atoms with E-state index in [0.717, 1.165) is 57.8 Å². The van der Waals surface area contributed by atoms with E-state index in [1.165, 1.54) is 96.3 Å². The first-order valence-corrected chi connectivity index (χ1v) is 20.7. The Balaban J connectivity index is 3.62. The summed E-state index contributed by atoms with van der Waals surface area (Å²) in [6.45, 7) is 3.53. The Morgan fingerprint density at radius 3 is 1.60 bits per heavy atom. The van der Waals surface area contributed by atoms with E-state index < -0.39 is 26.5 Å². The highest BCUT2D eigenvalue weighted by Gasteiger charge is 2.23. The number of aliphatic hydroxyl groups excluding tert-OH is 1. The molecule has 0 aliphatic rings. The van der Waals surface area contributed by atoms with Crippen LogP contribution in [0.3, 0.4) is 0 Å². The van der Waals surface area contributed by atoms with Crippen molar-refractivity contribution < 1.29 is 37.9 Å². The molecule has 0 aromatic carbocycles. The maximum Gasteiger partial charge on any atom is 0.472 e. The highest BCUT2D eigenvalue weighted by molar-refractivity contribution is 7.47. The Morgan fingerprint density at radius 1 is 0.638 bits per heavy atom. The van der Waals surface area contributed by atoms with Gasteiger partial charge in [-0.2, -0.15) is 0 Å². The number of hydrogen-bond acceptors (Lipinski definition) is 7. The Kier molecular flexibility index (Phi) is 33.7. The average molecular weight is 690 g/mol. The van der Waals surface area contributed by atoms with Crippen LogP contribution in [0.15, 0.2) is 12.2 Å². The highest BCUT2D eigenvalue weighted by atomic mass is 31.2. The third-order valence-electron chi connectivity index (χ3n) is 8.20. The van der Waals surface area contributed by atoms with E-state index in [1.807, 2.05) is 0 Å². The van der Waals surface area contributed by atoms with Gasteiger partial charge in [-0.05, 0) is 38.5 Å². The van der Waals surface area contributed by atoms with Gasteiger partial charge < -0.3 is 20.1 Å². The number of esters is 1. The third-order valence-corrected chi connectivity index (χ3v) is 9.18. The van der Waals surface area contributed by atoms with E-state index in [2.05, 4.69) is 31.3 Å². The van der Waals surface area contributed by atoms with Gasteiger partial charge in [0.05, 0.1) is 13.2 Å². The van der Waals surface area contributed by atoms with Gasteiger partial charge in [0.2, 0.25) is 5.91 Å². The Labute approximate surface area is 288 Å². The van der Waals surface area contributed by atoms with Crippen LogP contribution in [0.5, 0.6) is 0 Å². The van der Waals surface area contributed by atoms with Gasteiger partial charge in [0, 0.05) is 19.4 Å². The second-order valence-corrected chi connectivity index (χ2v) is 14.4. The molecule has 0 aliphatic heterocycles. The number of phosphoric acid groups is 1. The summed E-state index contributed by atoms with van der Waals surface area (Å²) in [5, 5.41) is 12.6. The number of phosphoric ester groups is 1. The number of aliphatic hydroxyl groups is 1. The monoisotopic (exact) mass is 689 g/mol. The molecule has 0 rings (SSSR count). The van der Waals surface area contributed by atoms with E-state index in [0.29, 0.717) is 6.42 Å². The summed E-state index contributed by atoms with van der Waals surface area (Å²) in [6, 6.07) is 0. The van der Waals surface area contributed by atoms with E-state index in [-0.39, 0.29) is 32.1 Å². The van der Waals surface area contributed by atoms with Gasteiger partial charge >= 0.3 is 13.8 Å². The molecule has 0 heterocycles. The minimum Gasteiger partial charge on any atom is -0.463 e. The highest BCUT2D eigenvalue weighted by Crippen LogP contribution is 2.42. The summed E-state index contributed by atoms with van der Waals surface area (Å²) < 4.78 is 26.7. The minimum absolute atomic E-state index is 0.0844. The lowest BCUT2D eigenvalue weighted by Gasteiger charge is -2.15. The van der Waals surface area contributed by atoms with Gasteiger partial charge in [-0.3, -0.25) is 18.6 Å². The fourth-order valence-electron chi connectivity index (χ4n) is 5.26. The van der Waals surface area contributed by atoms with Crippen LogP contribution in [0, 0.1) is 0 Å². The minimum atomic E-state index is -4.40. The number of amides is 1. The molecule has 9 nitrogen and oxygen atoms in total. The summed E-state index contributed by atoms with van der Waals surface area (Å²) in [5.41, 5.74) is 0. The van der Waals surface area contributed by atoms with E-state index in [1.54, 1.807) is 0 Å². The maximum absolute atomic E-state index is 12.0. The molecule has 0 spiro atoms. The number of carbonyl (C=O) groups is 2. The number of rotatable bonds is 36. The number of unbranched alkanes of at least 4 members (excludes halogenated alkanes) is 21. The molecule has 10 heteroatoms. The molecule has 1 amide bonds. The van der Waals surface area contributed by atoms with Gasteiger partial charge in [0.1, 0.15) is 12.7 Å². The zero-order valence-corrected chi connectivity index (χ0v) is 31.1. The zero-order chi connectivity index (χ0) is 34.7. The molecule has 3 N–H and O–H groups in total. The number of hydrogen-bond donors (Lipinski definition) is 3. The predicted octanol–water partition coefficient (Wildman–Crippen LogP) is 9.88. The van der Waals surface area contributed by atoms with Crippen LogP contribution in [-0.4, -0.2) is 54.3 Å². The van der Waals surface area contributed by atoms with Crippen LogP contribution >= 0.6 is 7.82 Å². The lowest BCUT2D eigenvalue weighted by Crippen LogP contribution is -2.27. The van der Waals surface area contributed by atoms with Crippen LogP contribution < -0.4 is 5.32 Å². The summed E-state index contributed by atoms with van der Waals surface area (Å²) >= 11 is 0. The first-order chi connectivity index (χ1) is 22.8. The van der Waals surface area contributed by atoms with Crippen LogP contribution in [0.4, 0.5) is 0 Å². The fraction of sp³-hybridized carbons (Fsp3) is 0.892. The number of nitrogens with one attached hydrogen (secondary N) is 1. The van der Waals surface area contributed by atoms with Gasteiger partial charge in [0.25, 0.3) is 0 Å². The number of carbonyl (C=O) groups excluding carboxylic acids is 2. The SMILES string of the molecule is CCCCCCCCC/C=C\CCCCCCCC(=O)OCC(O)COP(=O)(O)OCCNC(=O)CCCCCCCCCCCC. The standard InChI is InChI=1S/C37H72NO8P/c1-3-5-7-9-11-13-15-16-17-18-19-20-22-24-26-28-30-37(41)44-33-35(39)34-46-47(42,43)45-32-31-38-36(40)29-27-25-23-21-14-12-10-8-6-4-2/h17-18,35,39H,3-16,19-34H2,1-2H3,(H,38,40)(H,42,43)/b18-17-. The molecule has 0 bridgehead atoms. The number of ether oxygens (including phenoxy) is 1. The van der Waals surface area contributed by atoms with Crippen LogP contribution in [0.2, 0.25) is 0 Å². The molecule has 0 saturated carbocycles. The van der Waals surface area contributed by atoms with Crippen molar-refractivity contribution in [2.24, 2.45) is 0 Å². The van der Waals surface area contributed by atoms with Crippen LogP contribution in [-0.2, 0) is 27.9 Å². The Hall–Kier alpha value is -1.25. The van der Waals surface area contributed by atoms with Gasteiger partial charge in [-0.1, -0.05) is 142 Å². The third kappa shape index (κ3) is 35.9. The molecule has 0 aliphatic carbocycles. The molecule has 278 valence electrons. The first kappa shape index (κ1) is 45.8. The maximum atomic E-state index is 12.0. The molecule has 0 fully saturated rings. The lowest BCUT2D eigenvalue weighted by molar-refractivity contribution is -0.147. The molecule has 0 aromatic heterocycles. The van der Waals surface area contributed by atoms with E-state index in [4.69, 9.17) is 13.8 Å². The largest absolute Gasteiger partial charge is 0.472 e. The zero-order valence-electron chi connectivity index (χ0n) is 30.2. The van der Waals surface area contributed by atoms with Crippen molar-refractivity contribution in [3.05, 3.63) is 12.2 Å². The van der Waals surface area contributed by atoms with Crippen molar-refractivity contribution in [3.63, 3.8) is 0 Å². The van der Waals surface area contributed by atoms with Crippen molar-refractivity contribution in [1.82, 2.24) is 5.32 Å². The van der Waals surface area contributed by atoms with Crippen molar-refractivity contribution in [1.29, 1.82) is 0 Å². The summed E-state index contributed by atoms with van der Waals surface area (Å²) in [6.07, 6.45) is 32.8. The summed E-state index contributed by atoms with van der Waals surface area (Å²) in [5.74, 6) is -0.523. The predicted molar refractivity (Wildman–Crippen MR) is 192 cm³/mol. The second-order valence-electron chi connectivity index (χ2n) is 12.9. The summed E-state index contributed by atoms with van der Waals surface area (Å²) in [4.78, 5) is 33.7. The molecule has 0 aromatic rings. The quantitative estimate of drug-likeness (QED) is 0.0256. The van der Waals surface area contributed by atoms with Gasteiger partial charge in [-0.25, -0.2) is 4.57 Å². The average Bonchev–Trinajstić information content (AvgIpc) is 3.05. The Bertz CT molecular complexity index is 794. The van der Waals surface area contributed by atoms with Gasteiger partial charge in [0.15, 0.2) is 0 Å². The summed E-state index contributed by atoms with van der Waals surface area (Å²) in [7, 11) is -4.40. The molecular weight excluding hydrogens is 617 g/mol. The van der Waals surface area contributed by atoms with Crippen molar-refractivity contribution in [3.8, 4) is 0 Å². The smallest absolute Gasteiger partial charge is 0.463 e. The normalized spacial score (nSPS) is 13.5. The van der Waals surface area contributed by atoms with Crippen molar-refractivity contribution in [2.75, 3.05) is 26.4 Å². The Morgan fingerprint density at radius 2 is 1.09 bits per heavy atom. The second kappa shape index (κ2) is 34.6. The van der Waals surface area contributed by atoms with Crippen LogP contribution in [0.25, 0.3) is 0 Å². The molecule has 0 saturated heterocycles. The lowest BCUT2D eigenvalue weighted by atomic mass is 10.1.